The second-order valence-corrected chi connectivity index (χ2v) is 6.53. The van der Waals surface area contributed by atoms with Gasteiger partial charge in [-0.25, -0.2) is 0 Å². The molecule has 2 heterocycles. The zero-order chi connectivity index (χ0) is 17.5. The van der Waals surface area contributed by atoms with Crippen LogP contribution in [0.15, 0.2) is 42.3 Å². The fourth-order valence-corrected chi connectivity index (χ4v) is 3.24. The zero-order valence-electron chi connectivity index (χ0n) is 14.7. The Balaban J connectivity index is 1.50. The van der Waals surface area contributed by atoms with Crippen molar-refractivity contribution in [2.24, 2.45) is 5.92 Å². The second-order valence-electron chi connectivity index (χ2n) is 6.53. The number of pyridine rings is 1. The highest BCUT2D eigenvalue weighted by Gasteiger charge is 2.20. The molecule has 2 aliphatic rings. The minimum Gasteiger partial charge on any atom is -0.493 e. The van der Waals surface area contributed by atoms with E-state index >= 15 is 0 Å². The van der Waals surface area contributed by atoms with Crippen molar-refractivity contribution < 1.29 is 9.47 Å². The van der Waals surface area contributed by atoms with Crippen LogP contribution in [0.4, 0.5) is 0 Å². The molecule has 5 heteroatoms. The summed E-state index contributed by atoms with van der Waals surface area (Å²) in [6.45, 7) is 7.47. The molecule has 0 N–H and O–H groups in total. The average Bonchev–Trinajstić information content (AvgIpc) is 2.64. The van der Waals surface area contributed by atoms with Gasteiger partial charge in [0, 0.05) is 31.7 Å². The fourth-order valence-electron chi connectivity index (χ4n) is 3.24. The molecule has 1 aromatic heterocycles. The molecular formula is C20H25N3O2. The number of nitriles is 1. The maximum absolute atomic E-state index is 8.73. The fraction of sp³-hybridized carbons (Fsp3) is 0.500. The standard InChI is InChI=1S/C20H25N3O2/c1-16-14-19(25-13-10-23-8-11-24-12-9-23)4-5-20(16)17-2-3-18(6-7-21)22-15-17/h2-5,14-16,20H,6,8-13H2,1H3. The van der Waals surface area contributed by atoms with Gasteiger partial charge in [-0.05, 0) is 29.7 Å². The number of hydrogen-bond donors (Lipinski definition) is 0. The molecule has 132 valence electrons. The molecule has 0 aromatic carbocycles. The topological polar surface area (TPSA) is 58.4 Å². The van der Waals surface area contributed by atoms with Crippen LogP contribution in [0.2, 0.25) is 0 Å². The van der Waals surface area contributed by atoms with E-state index in [9.17, 15) is 0 Å². The van der Waals surface area contributed by atoms with E-state index in [1.54, 1.807) is 0 Å². The first-order chi connectivity index (χ1) is 12.3. The maximum Gasteiger partial charge on any atom is 0.115 e. The molecule has 5 nitrogen and oxygen atoms in total. The van der Waals surface area contributed by atoms with Gasteiger partial charge in [0.25, 0.3) is 0 Å². The highest BCUT2D eigenvalue weighted by atomic mass is 16.5. The smallest absolute Gasteiger partial charge is 0.115 e. The molecule has 1 aromatic rings. The van der Waals surface area contributed by atoms with Gasteiger partial charge in [-0.3, -0.25) is 9.88 Å². The second kappa shape index (κ2) is 8.80. The summed E-state index contributed by atoms with van der Waals surface area (Å²) in [6.07, 6.45) is 8.68. The number of aromatic nitrogens is 1. The first kappa shape index (κ1) is 17.7. The van der Waals surface area contributed by atoms with Crippen molar-refractivity contribution in [3.8, 4) is 6.07 Å². The Morgan fingerprint density at radius 1 is 1.36 bits per heavy atom. The summed E-state index contributed by atoms with van der Waals surface area (Å²) in [5.74, 6) is 1.60. The van der Waals surface area contributed by atoms with Gasteiger partial charge in [-0.2, -0.15) is 5.26 Å². The summed E-state index contributed by atoms with van der Waals surface area (Å²) in [5.41, 5.74) is 2.00. The van der Waals surface area contributed by atoms with Crippen LogP contribution in [0.1, 0.15) is 24.1 Å². The molecule has 1 aliphatic carbocycles. The van der Waals surface area contributed by atoms with E-state index in [0.29, 0.717) is 24.9 Å². The lowest BCUT2D eigenvalue weighted by Crippen LogP contribution is -2.38. The molecule has 0 amide bonds. The summed E-state index contributed by atoms with van der Waals surface area (Å²) in [5, 5.41) is 8.73. The molecule has 2 unspecified atom stereocenters. The van der Waals surface area contributed by atoms with Gasteiger partial charge >= 0.3 is 0 Å². The van der Waals surface area contributed by atoms with Crippen molar-refractivity contribution in [1.29, 1.82) is 5.26 Å². The number of nitrogens with zero attached hydrogens (tertiary/aromatic N) is 3. The number of morpholine rings is 1. The highest BCUT2D eigenvalue weighted by molar-refractivity contribution is 5.32. The third-order valence-corrected chi connectivity index (χ3v) is 4.73. The Labute approximate surface area is 149 Å². The lowest BCUT2D eigenvalue weighted by Gasteiger charge is -2.27. The summed E-state index contributed by atoms with van der Waals surface area (Å²) in [4.78, 5) is 6.75. The predicted molar refractivity (Wildman–Crippen MR) is 95.9 cm³/mol. The van der Waals surface area contributed by atoms with Crippen molar-refractivity contribution >= 4 is 0 Å². The van der Waals surface area contributed by atoms with Crippen molar-refractivity contribution in [2.45, 2.75) is 19.3 Å². The number of rotatable bonds is 6. The van der Waals surface area contributed by atoms with Crippen molar-refractivity contribution in [2.75, 3.05) is 39.5 Å². The van der Waals surface area contributed by atoms with Gasteiger partial charge < -0.3 is 9.47 Å². The number of hydrogen-bond acceptors (Lipinski definition) is 5. The van der Waals surface area contributed by atoms with E-state index in [-0.39, 0.29) is 0 Å². The largest absolute Gasteiger partial charge is 0.493 e. The van der Waals surface area contributed by atoms with Gasteiger partial charge in [0.05, 0.1) is 31.4 Å². The van der Waals surface area contributed by atoms with E-state index in [1.807, 2.05) is 12.3 Å². The van der Waals surface area contributed by atoms with Crippen LogP contribution < -0.4 is 0 Å². The van der Waals surface area contributed by atoms with Crippen molar-refractivity contribution in [1.82, 2.24) is 9.88 Å². The number of ether oxygens (including phenoxy) is 2. The molecule has 1 fully saturated rings. The van der Waals surface area contributed by atoms with Crippen LogP contribution in [-0.2, 0) is 15.9 Å². The summed E-state index contributed by atoms with van der Waals surface area (Å²) < 4.78 is 11.3. The van der Waals surface area contributed by atoms with Crippen LogP contribution in [0.3, 0.4) is 0 Å². The lowest BCUT2D eigenvalue weighted by molar-refractivity contribution is 0.0280. The van der Waals surface area contributed by atoms with E-state index in [1.165, 1.54) is 5.56 Å². The van der Waals surface area contributed by atoms with Gasteiger partial charge in [-0.1, -0.05) is 19.1 Å². The Morgan fingerprint density at radius 2 is 2.20 bits per heavy atom. The van der Waals surface area contributed by atoms with Crippen molar-refractivity contribution in [3.05, 3.63) is 53.6 Å². The lowest BCUT2D eigenvalue weighted by atomic mass is 9.84. The van der Waals surface area contributed by atoms with Crippen LogP contribution >= 0.6 is 0 Å². The van der Waals surface area contributed by atoms with Crippen molar-refractivity contribution in [3.63, 3.8) is 0 Å². The Bertz CT molecular complexity index is 655. The normalized spacial score (nSPS) is 23.8. The SMILES string of the molecule is CC1C=C(OCCN2CCOCC2)C=CC1c1ccc(CC#N)nc1. The monoisotopic (exact) mass is 339 g/mol. The van der Waals surface area contributed by atoms with E-state index in [4.69, 9.17) is 14.7 Å². The van der Waals surface area contributed by atoms with Crippen LogP contribution in [0.5, 0.6) is 0 Å². The third-order valence-electron chi connectivity index (χ3n) is 4.73. The molecule has 25 heavy (non-hydrogen) atoms. The first-order valence-corrected chi connectivity index (χ1v) is 8.91. The Kier molecular flexibility index (Phi) is 6.21. The molecule has 0 bridgehead atoms. The van der Waals surface area contributed by atoms with E-state index in [0.717, 1.165) is 44.3 Å². The quantitative estimate of drug-likeness (QED) is 0.797. The van der Waals surface area contributed by atoms with E-state index in [2.05, 4.69) is 47.2 Å². The summed E-state index contributed by atoms with van der Waals surface area (Å²) in [7, 11) is 0. The minimum absolute atomic E-state index is 0.301. The Morgan fingerprint density at radius 3 is 2.88 bits per heavy atom. The van der Waals surface area contributed by atoms with Crippen LogP contribution in [-0.4, -0.2) is 49.3 Å². The third kappa shape index (κ3) is 4.91. The first-order valence-electron chi connectivity index (χ1n) is 8.91. The molecule has 0 radical (unpaired) electrons. The summed E-state index contributed by atoms with van der Waals surface area (Å²) >= 11 is 0. The number of allylic oxidation sites excluding steroid dienone is 3. The minimum atomic E-state index is 0.301. The van der Waals surface area contributed by atoms with E-state index < -0.39 is 0 Å². The molecule has 0 spiro atoms. The Hall–Kier alpha value is -2.16. The predicted octanol–water partition coefficient (Wildman–Crippen LogP) is 2.67. The molecule has 0 saturated carbocycles. The summed E-state index contributed by atoms with van der Waals surface area (Å²) in [6, 6.07) is 6.14. The molecular weight excluding hydrogens is 314 g/mol. The average molecular weight is 339 g/mol. The molecule has 1 saturated heterocycles. The van der Waals surface area contributed by atoms with Gasteiger partial charge in [0.15, 0.2) is 0 Å². The molecule has 2 atom stereocenters. The molecule has 3 rings (SSSR count). The van der Waals surface area contributed by atoms with Crippen LogP contribution in [0.25, 0.3) is 0 Å². The van der Waals surface area contributed by atoms with Gasteiger partial charge in [0.2, 0.25) is 0 Å². The zero-order valence-corrected chi connectivity index (χ0v) is 14.7. The van der Waals surface area contributed by atoms with Crippen LogP contribution in [0, 0.1) is 17.2 Å². The highest BCUT2D eigenvalue weighted by Crippen LogP contribution is 2.31. The van der Waals surface area contributed by atoms with Gasteiger partial charge in [-0.15, -0.1) is 0 Å². The maximum atomic E-state index is 8.73. The molecule has 1 aliphatic heterocycles. The van der Waals surface area contributed by atoms with Gasteiger partial charge in [0.1, 0.15) is 12.4 Å².